The summed E-state index contributed by atoms with van der Waals surface area (Å²) in [5.41, 5.74) is 1.92. The zero-order valence-corrected chi connectivity index (χ0v) is 16.0. The highest BCUT2D eigenvalue weighted by atomic mass is 32.1. The number of ether oxygens (including phenoxy) is 2. The quantitative estimate of drug-likeness (QED) is 0.675. The number of aromatic nitrogens is 2. The van der Waals surface area contributed by atoms with E-state index < -0.39 is 0 Å². The van der Waals surface area contributed by atoms with Crippen molar-refractivity contribution in [2.75, 3.05) is 19.0 Å². The monoisotopic (exact) mass is 383 g/mol. The molecule has 0 atom stereocenters. The molecule has 2 heterocycles. The number of hydrogen-bond donors (Lipinski definition) is 1. The van der Waals surface area contributed by atoms with E-state index in [9.17, 15) is 4.79 Å². The number of hydrogen-bond acceptors (Lipinski definition) is 6. The Hall–Kier alpha value is -2.67. The predicted octanol–water partition coefficient (Wildman–Crippen LogP) is 3.99. The smallest absolute Gasteiger partial charge is 0.262 e. The molecule has 0 bridgehead atoms. The summed E-state index contributed by atoms with van der Waals surface area (Å²) < 4.78 is 11.1. The minimum Gasteiger partial charge on any atom is -0.495 e. The molecule has 2 aromatic heterocycles. The second kappa shape index (κ2) is 7.92. The van der Waals surface area contributed by atoms with Crippen molar-refractivity contribution < 1.29 is 14.3 Å². The summed E-state index contributed by atoms with van der Waals surface area (Å²) in [4.78, 5) is 23.4. The highest BCUT2D eigenvalue weighted by Crippen LogP contribution is 2.38. The van der Waals surface area contributed by atoms with Crippen molar-refractivity contribution >= 4 is 33.1 Å². The highest BCUT2D eigenvalue weighted by molar-refractivity contribution is 7.18. The van der Waals surface area contributed by atoms with E-state index in [0.29, 0.717) is 17.3 Å². The highest BCUT2D eigenvalue weighted by Gasteiger charge is 2.20. The van der Waals surface area contributed by atoms with E-state index >= 15 is 0 Å². The van der Waals surface area contributed by atoms with Crippen LogP contribution in [0, 0.1) is 0 Å². The minimum atomic E-state index is -0.257. The summed E-state index contributed by atoms with van der Waals surface area (Å²) in [6.45, 7) is -0.116. The number of thiophene rings is 1. The van der Waals surface area contributed by atoms with Gasteiger partial charge in [0.2, 0.25) is 5.88 Å². The molecule has 7 heteroatoms. The van der Waals surface area contributed by atoms with Crippen LogP contribution >= 0.6 is 11.3 Å². The molecule has 1 N–H and O–H groups in total. The number of amides is 1. The lowest BCUT2D eigenvalue weighted by Crippen LogP contribution is -2.21. The zero-order valence-electron chi connectivity index (χ0n) is 15.2. The van der Waals surface area contributed by atoms with Crippen LogP contribution in [0.4, 0.5) is 5.69 Å². The third kappa shape index (κ3) is 3.73. The fraction of sp³-hybridized carbons (Fsp3) is 0.350. The van der Waals surface area contributed by atoms with Gasteiger partial charge in [0.1, 0.15) is 16.9 Å². The van der Waals surface area contributed by atoms with Gasteiger partial charge in [0.05, 0.1) is 18.2 Å². The fourth-order valence-electron chi connectivity index (χ4n) is 3.42. The van der Waals surface area contributed by atoms with Crippen molar-refractivity contribution in [2.45, 2.75) is 32.1 Å². The first-order valence-electron chi connectivity index (χ1n) is 9.07. The zero-order chi connectivity index (χ0) is 18.6. The molecule has 0 fully saturated rings. The lowest BCUT2D eigenvalue weighted by Gasteiger charge is -2.11. The first-order chi connectivity index (χ1) is 13.3. The summed E-state index contributed by atoms with van der Waals surface area (Å²) in [6.07, 6.45) is 7.24. The van der Waals surface area contributed by atoms with E-state index in [4.69, 9.17) is 9.47 Å². The maximum Gasteiger partial charge on any atom is 0.262 e. The Kier molecular flexibility index (Phi) is 5.20. The van der Waals surface area contributed by atoms with Crippen LogP contribution in [-0.4, -0.2) is 29.6 Å². The summed E-state index contributed by atoms with van der Waals surface area (Å²) >= 11 is 1.72. The Bertz CT molecular complexity index is 970. The number of nitrogens with zero attached hydrogens (tertiary/aromatic N) is 2. The van der Waals surface area contributed by atoms with Gasteiger partial charge in [0.15, 0.2) is 6.61 Å². The minimum absolute atomic E-state index is 0.116. The lowest BCUT2D eigenvalue weighted by molar-refractivity contribution is -0.118. The number of benzene rings is 1. The molecule has 3 aromatic rings. The van der Waals surface area contributed by atoms with Crippen LogP contribution in [-0.2, 0) is 17.6 Å². The Morgan fingerprint density at radius 1 is 1.19 bits per heavy atom. The number of rotatable bonds is 5. The molecule has 1 aliphatic rings. The van der Waals surface area contributed by atoms with Gasteiger partial charge in [0.25, 0.3) is 5.91 Å². The summed E-state index contributed by atoms with van der Waals surface area (Å²) in [6, 6.07) is 7.28. The standard InChI is InChI=1S/C20H21N3O3S/c1-25-15-9-6-5-8-14(15)23-17(24)11-26-19-18-13-7-3-2-4-10-16(13)27-20(18)22-12-21-19/h5-6,8-9,12H,2-4,7,10-11H2,1H3,(H,23,24). The molecule has 6 nitrogen and oxygen atoms in total. The molecule has 1 aromatic carbocycles. The second-order valence-electron chi connectivity index (χ2n) is 6.46. The number of anilines is 1. The average Bonchev–Trinajstić information content (AvgIpc) is 2.89. The van der Waals surface area contributed by atoms with Gasteiger partial charge in [-0.1, -0.05) is 18.6 Å². The summed E-state index contributed by atoms with van der Waals surface area (Å²) in [5, 5.41) is 3.79. The van der Waals surface area contributed by atoms with Gasteiger partial charge in [0, 0.05) is 4.88 Å². The number of methoxy groups -OCH3 is 1. The fourth-order valence-corrected chi connectivity index (χ4v) is 4.64. The van der Waals surface area contributed by atoms with Crippen molar-refractivity contribution in [2.24, 2.45) is 0 Å². The maximum atomic E-state index is 12.3. The molecule has 1 aliphatic carbocycles. The van der Waals surface area contributed by atoms with Crippen molar-refractivity contribution in [1.29, 1.82) is 0 Å². The molecule has 0 spiro atoms. The van der Waals surface area contributed by atoms with Crippen LogP contribution in [0.1, 0.15) is 29.7 Å². The van der Waals surface area contributed by atoms with Gasteiger partial charge < -0.3 is 14.8 Å². The van der Waals surface area contributed by atoms with Crippen molar-refractivity contribution in [3.8, 4) is 11.6 Å². The predicted molar refractivity (Wildman–Crippen MR) is 106 cm³/mol. The SMILES string of the molecule is COc1ccccc1NC(=O)COc1ncnc2sc3c(c12)CCCCC3. The molecule has 0 unspecified atom stereocenters. The van der Waals surface area contributed by atoms with Gasteiger partial charge in [-0.05, 0) is 43.4 Å². The molecule has 0 aliphatic heterocycles. The lowest BCUT2D eigenvalue weighted by atomic mass is 10.1. The molecule has 140 valence electrons. The van der Waals surface area contributed by atoms with Crippen LogP contribution in [0.5, 0.6) is 11.6 Å². The number of carbonyl (C=O) groups excluding carboxylic acids is 1. The van der Waals surface area contributed by atoms with E-state index in [1.54, 1.807) is 30.6 Å². The Balaban J connectivity index is 1.52. The molecule has 0 saturated carbocycles. The summed E-state index contributed by atoms with van der Waals surface area (Å²) in [7, 11) is 1.57. The summed E-state index contributed by atoms with van der Waals surface area (Å²) in [5.74, 6) is 0.848. The number of nitrogens with one attached hydrogen (secondary N) is 1. The van der Waals surface area contributed by atoms with Crippen LogP contribution in [0.15, 0.2) is 30.6 Å². The number of fused-ring (bicyclic) bond motifs is 3. The van der Waals surface area contributed by atoms with Crippen LogP contribution in [0.25, 0.3) is 10.2 Å². The molecule has 4 rings (SSSR count). The normalized spacial score (nSPS) is 13.7. The van der Waals surface area contributed by atoms with Crippen molar-refractivity contribution in [1.82, 2.24) is 9.97 Å². The third-order valence-electron chi connectivity index (χ3n) is 4.69. The molecule has 0 saturated heterocycles. The molecular formula is C20H21N3O3S. The largest absolute Gasteiger partial charge is 0.495 e. The van der Waals surface area contributed by atoms with Crippen molar-refractivity contribution in [3.63, 3.8) is 0 Å². The van der Waals surface area contributed by atoms with E-state index in [2.05, 4.69) is 15.3 Å². The first kappa shape index (κ1) is 17.7. The molecule has 0 radical (unpaired) electrons. The third-order valence-corrected chi connectivity index (χ3v) is 5.89. The molecule has 27 heavy (non-hydrogen) atoms. The van der Waals surface area contributed by atoms with E-state index in [0.717, 1.165) is 23.1 Å². The van der Waals surface area contributed by atoms with E-state index in [-0.39, 0.29) is 12.5 Å². The number of para-hydroxylation sites is 2. The van der Waals surface area contributed by atoms with E-state index in [1.807, 2.05) is 12.1 Å². The van der Waals surface area contributed by atoms with Crippen LogP contribution < -0.4 is 14.8 Å². The second-order valence-corrected chi connectivity index (χ2v) is 7.54. The first-order valence-corrected chi connectivity index (χ1v) is 9.89. The van der Waals surface area contributed by atoms with Crippen LogP contribution in [0.3, 0.4) is 0 Å². The van der Waals surface area contributed by atoms with Gasteiger partial charge in [-0.2, -0.15) is 0 Å². The van der Waals surface area contributed by atoms with Crippen molar-refractivity contribution in [3.05, 3.63) is 41.0 Å². The van der Waals surface area contributed by atoms with Gasteiger partial charge in [-0.3, -0.25) is 4.79 Å². The van der Waals surface area contributed by atoms with Gasteiger partial charge in [-0.25, -0.2) is 9.97 Å². The Morgan fingerprint density at radius 2 is 2.04 bits per heavy atom. The Morgan fingerprint density at radius 3 is 2.93 bits per heavy atom. The molecule has 1 amide bonds. The van der Waals surface area contributed by atoms with Gasteiger partial charge in [-0.15, -0.1) is 11.3 Å². The number of aryl methyl sites for hydroxylation is 2. The van der Waals surface area contributed by atoms with Crippen LogP contribution in [0.2, 0.25) is 0 Å². The Labute approximate surface area is 161 Å². The molecular weight excluding hydrogens is 362 g/mol. The maximum absolute atomic E-state index is 12.3. The van der Waals surface area contributed by atoms with E-state index in [1.165, 1.54) is 36.0 Å². The average molecular weight is 383 g/mol. The number of carbonyl (C=O) groups is 1. The topological polar surface area (TPSA) is 73.3 Å². The van der Waals surface area contributed by atoms with Gasteiger partial charge >= 0.3 is 0 Å².